The number of carbonyl (C=O) groups excluding carboxylic acids is 2. The number of urea groups is 1. The molecule has 0 aliphatic carbocycles. The summed E-state index contributed by atoms with van der Waals surface area (Å²) in [6.45, 7) is 3.41. The Bertz CT molecular complexity index is 907. The molecule has 8 nitrogen and oxygen atoms in total. The molecule has 0 saturated heterocycles. The van der Waals surface area contributed by atoms with Crippen molar-refractivity contribution in [3.63, 3.8) is 0 Å². The summed E-state index contributed by atoms with van der Waals surface area (Å²) in [6, 6.07) is 13.9. The Morgan fingerprint density at radius 3 is 2.38 bits per heavy atom. The molecule has 0 aromatic heterocycles. The zero-order valence-electron chi connectivity index (χ0n) is 16.1. The predicted octanol–water partition coefficient (Wildman–Crippen LogP) is 3.77. The number of rotatable bonds is 5. The number of anilines is 2. The maximum absolute atomic E-state index is 12.1. The highest BCUT2D eigenvalue weighted by molar-refractivity contribution is 5.91. The van der Waals surface area contributed by atoms with Crippen molar-refractivity contribution in [1.82, 2.24) is 10.9 Å². The number of carbonyl (C=O) groups is 2. The molecule has 3 rings (SSSR count). The van der Waals surface area contributed by atoms with Gasteiger partial charge in [-0.15, -0.1) is 4.91 Å². The summed E-state index contributed by atoms with van der Waals surface area (Å²) < 4.78 is 0. The van der Waals surface area contributed by atoms with E-state index < -0.39 is 6.03 Å². The van der Waals surface area contributed by atoms with Crippen LogP contribution < -0.4 is 21.1 Å². The lowest BCUT2D eigenvalue weighted by Gasteiger charge is -2.28. The zero-order valence-corrected chi connectivity index (χ0v) is 16.1. The fourth-order valence-corrected chi connectivity index (χ4v) is 3.01. The molecule has 0 bridgehead atoms. The van der Waals surface area contributed by atoms with Crippen LogP contribution in [0.1, 0.15) is 18.4 Å². The first-order chi connectivity index (χ1) is 14.0. The smallest absolute Gasteiger partial charge is 0.337 e. The van der Waals surface area contributed by atoms with E-state index in [0.717, 1.165) is 29.8 Å². The molecule has 0 saturated carbocycles. The van der Waals surface area contributed by atoms with Crippen LogP contribution in [-0.4, -0.2) is 25.0 Å². The number of nitroso groups, excluding NO2 is 1. The lowest BCUT2D eigenvalue weighted by atomic mass is 10.0. The standard InChI is InChI=1S/C21H23N5O3/c1-15-2-4-17(5-3-15)22-21(28)24-23-20(27)14-16-10-12-26(13-11-16)19-8-6-18(25-29)7-9-19/h2-10H,11-14H2,1H3,(H,23,27)(H2,22,24,28). The Morgan fingerprint density at radius 1 is 1.03 bits per heavy atom. The van der Waals surface area contributed by atoms with Crippen LogP contribution in [0, 0.1) is 11.8 Å². The van der Waals surface area contributed by atoms with Crippen molar-refractivity contribution >= 4 is 29.0 Å². The minimum Gasteiger partial charge on any atom is -0.367 e. The largest absolute Gasteiger partial charge is 0.367 e. The minimum atomic E-state index is -0.501. The van der Waals surface area contributed by atoms with Crippen LogP contribution in [0.25, 0.3) is 0 Å². The lowest BCUT2D eigenvalue weighted by molar-refractivity contribution is -0.121. The van der Waals surface area contributed by atoms with Gasteiger partial charge in [-0.2, -0.15) is 0 Å². The van der Waals surface area contributed by atoms with Gasteiger partial charge in [0.25, 0.3) is 0 Å². The first kappa shape index (κ1) is 20.1. The van der Waals surface area contributed by atoms with Gasteiger partial charge in [0, 0.05) is 30.9 Å². The first-order valence-corrected chi connectivity index (χ1v) is 9.32. The van der Waals surface area contributed by atoms with Gasteiger partial charge in [-0.25, -0.2) is 10.2 Å². The van der Waals surface area contributed by atoms with E-state index in [1.165, 1.54) is 0 Å². The predicted molar refractivity (Wildman–Crippen MR) is 113 cm³/mol. The van der Waals surface area contributed by atoms with E-state index in [1.54, 1.807) is 24.3 Å². The molecule has 0 unspecified atom stereocenters. The molecule has 2 aromatic rings. The summed E-state index contributed by atoms with van der Waals surface area (Å²) >= 11 is 0. The maximum Gasteiger partial charge on any atom is 0.337 e. The van der Waals surface area contributed by atoms with Gasteiger partial charge in [0.1, 0.15) is 5.69 Å². The summed E-state index contributed by atoms with van der Waals surface area (Å²) in [5.41, 5.74) is 8.95. The SMILES string of the molecule is Cc1ccc(NC(=O)NNC(=O)CC2=CCN(c3ccc(N=O)cc3)CC2)cc1. The Kier molecular flexibility index (Phi) is 6.57. The van der Waals surface area contributed by atoms with E-state index in [2.05, 4.69) is 26.2 Å². The quantitative estimate of drug-likeness (QED) is 0.409. The average molecular weight is 393 g/mol. The first-order valence-electron chi connectivity index (χ1n) is 9.32. The van der Waals surface area contributed by atoms with Crippen molar-refractivity contribution in [3.05, 3.63) is 70.7 Å². The molecule has 0 radical (unpaired) electrons. The van der Waals surface area contributed by atoms with Crippen molar-refractivity contribution in [3.8, 4) is 0 Å². The average Bonchev–Trinajstić information content (AvgIpc) is 2.74. The van der Waals surface area contributed by atoms with Gasteiger partial charge in [-0.3, -0.25) is 10.2 Å². The third kappa shape index (κ3) is 5.90. The molecule has 29 heavy (non-hydrogen) atoms. The molecular formula is C21H23N5O3. The number of nitrogens with zero attached hydrogens (tertiary/aromatic N) is 2. The normalized spacial score (nSPS) is 13.3. The number of benzene rings is 2. The second-order valence-corrected chi connectivity index (χ2v) is 6.84. The highest BCUT2D eigenvalue weighted by Gasteiger charge is 2.15. The summed E-state index contributed by atoms with van der Waals surface area (Å²) in [7, 11) is 0. The minimum absolute atomic E-state index is 0.229. The van der Waals surface area contributed by atoms with Gasteiger partial charge in [-0.05, 0) is 54.9 Å². The monoisotopic (exact) mass is 393 g/mol. The molecule has 0 spiro atoms. The van der Waals surface area contributed by atoms with Crippen molar-refractivity contribution < 1.29 is 9.59 Å². The van der Waals surface area contributed by atoms with E-state index in [0.29, 0.717) is 17.9 Å². The zero-order chi connectivity index (χ0) is 20.6. The van der Waals surface area contributed by atoms with Crippen LogP contribution in [0.2, 0.25) is 0 Å². The van der Waals surface area contributed by atoms with Gasteiger partial charge in [0.2, 0.25) is 5.91 Å². The topological polar surface area (TPSA) is 103 Å². The van der Waals surface area contributed by atoms with E-state index in [-0.39, 0.29) is 12.3 Å². The molecule has 0 fully saturated rings. The summed E-state index contributed by atoms with van der Waals surface area (Å²) in [4.78, 5) is 36.6. The summed E-state index contributed by atoms with van der Waals surface area (Å²) in [6.07, 6.45) is 2.99. The van der Waals surface area contributed by atoms with Crippen molar-refractivity contribution in [1.29, 1.82) is 0 Å². The summed E-state index contributed by atoms with van der Waals surface area (Å²) in [5.74, 6) is -0.273. The van der Waals surface area contributed by atoms with Gasteiger partial charge in [0.05, 0.1) is 0 Å². The Balaban J connectivity index is 1.42. The molecular weight excluding hydrogens is 370 g/mol. The fraction of sp³-hybridized carbons (Fsp3) is 0.238. The molecule has 8 heteroatoms. The highest BCUT2D eigenvalue weighted by atomic mass is 16.3. The van der Waals surface area contributed by atoms with Crippen LogP contribution in [0.5, 0.6) is 0 Å². The third-order valence-electron chi connectivity index (χ3n) is 4.64. The number of aryl methyl sites for hydroxylation is 1. The van der Waals surface area contributed by atoms with Crippen molar-refractivity contribution in [2.75, 3.05) is 23.3 Å². The molecule has 3 N–H and O–H groups in total. The van der Waals surface area contributed by atoms with E-state index in [1.807, 2.05) is 37.3 Å². The van der Waals surface area contributed by atoms with Crippen LogP contribution in [-0.2, 0) is 4.79 Å². The summed E-state index contributed by atoms with van der Waals surface area (Å²) in [5, 5.41) is 5.55. The number of nitrogens with one attached hydrogen (secondary N) is 3. The van der Waals surface area contributed by atoms with Crippen LogP contribution in [0.3, 0.4) is 0 Å². The molecule has 0 atom stereocenters. The van der Waals surface area contributed by atoms with Crippen LogP contribution in [0.15, 0.2) is 65.4 Å². The second kappa shape index (κ2) is 9.50. The Morgan fingerprint density at radius 2 is 1.76 bits per heavy atom. The van der Waals surface area contributed by atoms with E-state index >= 15 is 0 Å². The van der Waals surface area contributed by atoms with Crippen molar-refractivity contribution in [2.45, 2.75) is 19.8 Å². The van der Waals surface area contributed by atoms with Gasteiger partial charge < -0.3 is 10.2 Å². The lowest BCUT2D eigenvalue weighted by Crippen LogP contribution is -2.44. The molecule has 1 heterocycles. The van der Waals surface area contributed by atoms with Crippen LogP contribution in [0.4, 0.5) is 21.9 Å². The third-order valence-corrected chi connectivity index (χ3v) is 4.64. The Labute approximate surface area is 168 Å². The molecule has 1 aliphatic heterocycles. The van der Waals surface area contributed by atoms with Crippen molar-refractivity contribution in [2.24, 2.45) is 5.18 Å². The maximum atomic E-state index is 12.1. The number of hydrogen-bond acceptors (Lipinski definition) is 5. The van der Waals surface area contributed by atoms with Gasteiger partial charge in [0.15, 0.2) is 0 Å². The number of hydrogen-bond donors (Lipinski definition) is 3. The van der Waals surface area contributed by atoms with Crippen LogP contribution >= 0.6 is 0 Å². The molecule has 150 valence electrons. The second-order valence-electron chi connectivity index (χ2n) is 6.84. The van der Waals surface area contributed by atoms with Gasteiger partial charge in [-0.1, -0.05) is 29.3 Å². The Hall–Kier alpha value is -3.68. The molecule has 1 aliphatic rings. The highest BCUT2D eigenvalue weighted by Crippen LogP contribution is 2.23. The number of hydrazine groups is 1. The van der Waals surface area contributed by atoms with E-state index in [4.69, 9.17) is 0 Å². The van der Waals surface area contributed by atoms with Gasteiger partial charge >= 0.3 is 6.03 Å². The van der Waals surface area contributed by atoms with E-state index in [9.17, 15) is 14.5 Å². The molecule has 2 aromatic carbocycles. The molecule has 3 amide bonds. The number of amides is 3. The fourth-order valence-electron chi connectivity index (χ4n) is 3.01.